The molecule has 3 aromatic carbocycles. The van der Waals surface area contributed by atoms with Crippen LogP contribution >= 0.6 is 0 Å². The van der Waals surface area contributed by atoms with Crippen molar-refractivity contribution in [3.05, 3.63) is 101 Å². The highest BCUT2D eigenvalue weighted by atomic mass is 16.2. The zero-order valence-electron chi connectivity index (χ0n) is 18.8. The molecule has 6 nitrogen and oxygen atoms in total. The predicted molar refractivity (Wildman–Crippen MR) is 127 cm³/mol. The summed E-state index contributed by atoms with van der Waals surface area (Å²) in [6.45, 7) is 4.94. The highest BCUT2D eigenvalue weighted by Gasteiger charge is 2.48. The highest BCUT2D eigenvalue weighted by molar-refractivity contribution is 6.01. The second-order valence-corrected chi connectivity index (χ2v) is 8.83. The maximum atomic E-state index is 13.7. The van der Waals surface area contributed by atoms with E-state index in [1.165, 1.54) is 0 Å². The molecule has 166 valence electrons. The van der Waals surface area contributed by atoms with Crippen LogP contribution in [0.25, 0.3) is 11.0 Å². The molecule has 1 aromatic heterocycles. The van der Waals surface area contributed by atoms with Gasteiger partial charge in [-0.25, -0.2) is 4.98 Å². The van der Waals surface area contributed by atoms with Gasteiger partial charge in [-0.05, 0) is 37.1 Å². The molecule has 0 radical (unpaired) electrons. The number of aryl methyl sites for hydroxylation is 1. The molecule has 0 saturated heterocycles. The minimum absolute atomic E-state index is 0.185. The van der Waals surface area contributed by atoms with E-state index in [2.05, 4.69) is 10.3 Å². The number of fused-ring (bicyclic) bond motifs is 3. The number of carbonyl (C=O) groups is 2. The van der Waals surface area contributed by atoms with Gasteiger partial charge in [0.25, 0.3) is 5.91 Å². The first kappa shape index (κ1) is 20.9. The third-order valence-electron chi connectivity index (χ3n) is 6.40. The summed E-state index contributed by atoms with van der Waals surface area (Å²) < 4.78 is 1.88. The van der Waals surface area contributed by atoms with Gasteiger partial charge in [0.1, 0.15) is 5.54 Å². The summed E-state index contributed by atoms with van der Waals surface area (Å²) in [5.74, 6) is -0.0534. The minimum atomic E-state index is -1.08. The number of carbonyl (C=O) groups excluding carboxylic acids is 2. The summed E-state index contributed by atoms with van der Waals surface area (Å²) >= 11 is 0. The predicted octanol–water partition coefficient (Wildman–Crippen LogP) is 4.08. The van der Waals surface area contributed by atoms with Crippen molar-refractivity contribution in [1.29, 1.82) is 0 Å². The molecule has 0 unspecified atom stereocenters. The third-order valence-corrected chi connectivity index (χ3v) is 6.40. The van der Waals surface area contributed by atoms with E-state index in [9.17, 15) is 9.59 Å². The Morgan fingerprint density at radius 1 is 0.970 bits per heavy atom. The summed E-state index contributed by atoms with van der Waals surface area (Å²) in [5.41, 5.74) is 3.67. The second kappa shape index (κ2) is 8.20. The van der Waals surface area contributed by atoms with E-state index in [4.69, 9.17) is 0 Å². The van der Waals surface area contributed by atoms with Crippen LogP contribution in [-0.2, 0) is 24.4 Å². The SMILES string of the molecule is Cc1ccc(CN2C(=O)c3nc4ccccc4n3C[C@]2(C)C(=O)NCc2ccccc2)cc1. The number of rotatable bonds is 5. The van der Waals surface area contributed by atoms with Gasteiger partial charge in [0.05, 0.1) is 17.6 Å². The number of hydrogen-bond donors (Lipinski definition) is 1. The van der Waals surface area contributed by atoms with E-state index in [0.29, 0.717) is 25.5 Å². The van der Waals surface area contributed by atoms with Crippen LogP contribution in [0.3, 0.4) is 0 Å². The highest BCUT2D eigenvalue weighted by Crippen LogP contribution is 2.32. The van der Waals surface area contributed by atoms with Crippen molar-refractivity contribution in [1.82, 2.24) is 19.8 Å². The lowest BCUT2D eigenvalue weighted by molar-refractivity contribution is -0.133. The molecule has 0 aliphatic carbocycles. The fraction of sp³-hybridized carbons (Fsp3) is 0.222. The Balaban J connectivity index is 1.53. The van der Waals surface area contributed by atoms with Crippen LogP contribution < -0.4 is 5.32 Å². The van der Waals surface area contributed by atoms with Crippen LogP contribution in [0.15, 0.2) is 78.9 Å². The van der Waals surface area contributed by atoms with E-state index in [1.807, 2.05) is 97.3 Å². The second-order valence-electron chi connectivity index (χ2n) is 8.83. The lowest BCUT2D eigenvalue weighted by atomic mass is 9.94. The molecule has 1 aliphatic rings. The number of amides is 2. The molecule has 1 N–H and O–H groups in total. The van der Waals surface area contributed by atoms with Gasteiger partial charge in [0.2, 0.25) is 5.91 Å². The van der Waals surface area contributed by atoms with Gasteiger partial charge in [-0.1, -0.05) is 72.3 Å². The molecule has 33 heavy (non-hydrogen) atoms. The normalized spacial score (nSPS) is 17.8. The molecule has 6 heteroatoms. The van der Waals surface area contributed by atoms with Gasteiger partial charge in [-0.2, -0.15) is 0 Å². The van der Waals surface area contributed by atoms with E-state index in [0.717, 1.165) is 27.7 Å². The summed E-state index contributed by atoms with van der Waals surface area (Å²) in [5, 5.41) is 3.06. The Morgan fingerprint density at radius 2 is 1.67 bits per heavy atom. The van der Waals surface area contributed by atoms with Crippen LogP contribution in [0.5, 0.6) is 0 Å². The average molecular weight is 439 g/mol. The monoisotopic (exact) mass is 438 g/mol. The molecule has 0 bridgehead atoms. The lowest BCUT2D eigenvalue weighted by Gasteiger charge is -2.43. The minimum Gasteiger partial charge on any atom is -0.350 e. The maximum Gasteiger partial charge on any atom is 0.291 e. The van der Waals surface area contributed by atoms with Gasteiger partial charge in [0.15, 0.2) is 5.82 Å². The van der Waals surface area contributed by atoms with Gasteiger partial charge >= 0.3 is 0 Å². The third kappa shape index (κ3) is 3.78. The van der Waals surface area contributed by atoms with Gasteiger partial charge in [-0.15, -0.1) is 0 Å². The lowest BCUT2D eigenvalue weighted by Crippen LogP contribution is -2.63. The van der Waals surface area contributed by atoms with Crippen LogP contribution in [-0.4, -0.2) is 31.8 Å². The number of aromatic nitrogens is 2. The average Bonchev–Trinajstić information content (AvgIpc) is 3.20. The Morgan fingerprint density at radius 3 is 2.42 bits per heavy atom. The van der Waals surface area contributed by atoms with Crippen molar-refractivity contribution >= 4 is 22.8 Å². The Bertz CT molecular complexity index is 1330. The van der Waals surface area contributed by atoms with E-state index >= 15 is 0 Å². The van der Waals surface area contributed by atoms with Crippen LogP contribution in [0.2, 0.25) is 0 Å². The molecule has 1 aliphatic heterocycles. The number of hydrogen-bond acceptors (Lipinski definition) is 3. The fourth-order valence-corrected chi connectivity index (χ4v) is 4.42. The van der Waals surface area contributed by atoms with Crippen molar-refractivity contribution in [3.8, 4) is 0 Å². The van der Waals surface area contributed by atoms with Crippen molar-refractivity contribution < 1.29 is 9.59 Å². The topological polar surface area (TPSA) is 67.2 Å². The number of para-hydroxylation sites is 2. The van der Waals surface area contributed by atoms with Crippen molar-refractivity contribution in [2.45, 2.75) is 39.0 Å². The van der Waals surface area contributed by atoms with Gasteiger partial charge in [-0.3, -0.25) is 9.59 Å². The molecule has 2 amide bonds. The molecule has 2 heterocycles. The Labute approximate surface area is 192 Å². The first-order chi connectivity index (χ1) is 16.0. The smallest absolute Gasteiger partial charge is 0.291 e. The van der Waals surface area contributed by atoms with Crippen molar-refractivity contribution in [2.24, 2.45) is 0 Å². The maximum absolute atomic E-state index is 13.7. The van der Waals surface area contributed by atoms with Crippen molar-refractivity contribution in [3.63, 3.8) is 0 Å². The molecule has 0 saturated carbocycles. The Hall–Kier alpha value is -3.93. The standard InChI is InChI=1S/C27H26N4O2/c1-19-12-14-21(15-13-19)17-31-25(32)24-29-22-10-6-7-11-23(22)30(24)18-27(31,2)26(33)28-16-20-8-4-3-5-9-20/h3-15H,16-18H2,1-2H3,(H,28,33)/t27-/m1/s1. The van der Waals surface area contributed by atoms with E-state index in [-0.39, 0.29) is 11.8 Å². The number of nitrogens with one attached hydrogen (secondary N) is 1. The Kier molecular flexibility index (Phi) is 5.21. The van der Waals surface area contributed by atoms with Gasteiger partial charge in [0, 0.05) is 13.1 Å². The fourth-order valence-electron chi connectivity index (χ4n) is 4.42. The quantitative estimate of drug-likeness (QED) is 0.511. The molecule has 0 fully saturated rings. The van der Waals surface area contributed by atoms with E-state index in [1.54, 1.807) is 4.90 Å². The largest absolute Gasteiger partial charge is 0.350 e. The van der Waals surface area contributed by atoms with Crippen molar-refractivity contribution in [2.75, 3.05) is 0 Å². The first-order valence-corrected chi connectivity index (χ1v) is 11.1. The zero-order valence-corrected chi connectivity index (χ0v) is 18.8. The molecular weight excluding hydrogens is 412 g/mol. The van der Waals surface area contributed by atoms with Crippen LogP contribution in [0.1, 0.15) is 34.2 Å². The zero-order chi connectivity index (χ0) is 23.0. The van der Waals surface area contributed by atoms with Crippen LogP contribution in [0.4, 0.5) is 0 Å². The molecule has 4 aromatic rings. The van der Waals surface area contributed by atoms with Crippen LogP contribution in [0, 0.1) is 6.92 Å². The molecule has 0 spiro atoms. The summed E-state index contributed by atoms with van der Waals surface area (Å²) in [6, 6.07) is 25.5. The molecule has 5 rings (SSSR count). The summed E-state index contributed by atoms with van der Waals surface area (Å²) in [4.78, 5) is 33.6. The van der Waals surface area contributed by atoms with Gasteiger partial charge < -0.3 is 14.8 Å². The number of imidazole rings is 1. The number of benzene rings is 3. The number of nitrogens with zero attached hydrogens (tertiary/aromatic N) is 3. The first-order valence-electron chi connectivity index (χ1n) is 11.1. The molecular formula is C27H26N4O2. The molecule has 1 atom stereocenters. The van der Waals surface area contributed by atoms with E-state index < -0.39 is 5.54 Å². The summed E-state index contributed by atoms with van der Waals surface area (Å²) in [6.07, 6.45) is 0. The summed E-state index contributed by atoms with van der Waals surface area (Å²) in [7, 11) is 0.